The Morgan fingerprint density at radius 3 is 1.88 bits per heavy atom. The number of rotatable bonds is 3. The van der Waals surface area contributed by atoms with Crippen molar-refractivity contribution in [3.05, 3.63) is 66.5 Å². The number of hydrogen-bond acceptors (Lipinski definition) is 2. The third-order valence-corrected chi connectivity index (χ3v) is 4.89. The number of carboxylic acid groups (broad SMARTS) is 1. The Balaban J connectivity index is 0.000000186. The monoisotopic (exact) mass is 507 g/mol. The summed E-state index contributed by atoms with van der Waals surface area (Å²) in [7, 11) is 0. The standard InChI is InChI=1S/C10H9BrClNO.C7H4BrClO2/c11-6-1-4-9(12)8(5-6)10(14)13-7-2-3-7;8-4-1-2-6(9)5(3-4)7(10)11/h1,4-5,7H,2-3H2,(H,13,14);1-3H,(H,10,11). The zero-order valence-corrected chi connectivity index (χ0v) is 17.4. The summed E-state index contributed by atoms with van der Waals surface area (Å²) in [5.41, 5.74) is 0.647. The molecule has 1 amide bonds. The van der Waals surface area contributed by atoms with Gasteiger partial charge in [0.05, 0.1) is 21.2 Å². The lowest BCUT2D eigenvalue weighted by Gasteiger charge is -2.05. The Bertz CT molecular complexity index is 810. The van der Waals surface area contributed by atoms with Crippen molar-refractivity contribution in [3.63, 3.8) is 0 Å². The molecule has 0 unspecified atom stereocenters. The number of aromatic carboxylic acids is 1. The first kappa shape index (κ1) is 20.2. The second kappa shape index (κ2) is 9.03. The highest BCUT2D eigenvalue weighted by molar-refractivity contribution is 9.10. The Kier molecular flexibility index (Phi) is 7.31. The van der Waals surface area contributed by atoms with Gasteiger partial charge in [-0.05, 0) is 49.2 Å². The summed E-state index contributed by atoms with van der Waals surface area (Å²) in [6, 6.07) is 10.3. The van der Waals surface area contributed by atoms with Gasteiger partial charge in [-0.1, -0.05) is 55.1 Å². The first-order valence-electron chi connectivity index (χ1n) is 7.22. The summed E-state index contributed by atoms with van der Waals surface area (Å²) >= 11 is 18.0. The first-order valence-corrected chi connectivity index (χ1v) is 9.56. The highest BCUT2D eigenvalue weighted by atomic mass is 79.9. The Labute approximate surface area is 171 Å². The van der Waals surface area contributed by atoms with E-state index in [4.69, 9.17) is 28.3 Å². The molecule has 2 aromatic rings. The van der Waals surface area contributed by atoms with Crippen LogP contribution in [0, 0.1) is 0 Å². The molecule has 8 heteroatoms. The van der Waals surface area contributed by atoms with Gasteiger partial charge in [-0.3, -0.25) is 4.79 Å². The maximum Gasteiger partial charge on any atom is 0.337 e. The van der Waals surface area contributed by atoms with Crippen molar-refractivity contribution < 1.29 is 14.7 Å². The molecule has 1 saturated carbocycles. The maximum absolute atomic E-state index is 11.7. The third-order valence-electron chi connectivity index (χ3n) is 3.24. The van der Waals surface area contributed by atoms with Gasteiger partial charge >= 0.3 is 5.97 Å². The van der Waals surface area contributed by atoms with E-state index in [-0.39, 0.29) is 16.5 Å². The molecule has 0 saturated heterocycles. The summed E-state index contributed by atoms with van der Waals surface area (Å²) in [5, 5.41) is 12.2. The number of carbonyl (C=O) groups is 2. The predicted molar refractivity (Wildman–Crippen MR) is 106 cm³/mol. The molecule has 0 aromatic heterocycles. The lowest BCUT2D eigenvalue weighted by molar-refractivity contribution is 0.0696. The molecule has 0 radical (unpaired) electrons. The van der Waals surface area contributed by atoms with Gasteiger partial charge in [-0.2, -0.15) is 0 Å². The van der Waals surface area contributed by atoms with Crippen LogP contribution in [0.25, 0.3) is 0 Å². The minimum absolute atomic E-state index is 0.0844. The summed E-state index contributed by atoms with van der Waals surface area (Å²) in [6.07, 6.45) is 2.16. The number of hydrogen-bond donors (Lipinski definition) is 2. The van der Waals surface area contributed by atoms with Crippen LogP contribution >= 0.6 is 55.1 Å². The molecule has 0 bridgehead atoms. The molecule has 0 atom stereocenters. The Hall–Kier alpha value is -1.08. The molecule has 1 aliphatic carbocycles. The molecule has 2 aromatic carbocycles. The fraction of sp³-hybridized carbons (Fsp3) is 0.176. The minimum atomic E-state index is -1.02. The molecule has 1 aliphatic rings. The number of benzene rings is 2. The lowest BCUT2D eigenvalue weighted by atomic mass is 10.2. The molecule has 1 fully saturated rings. The van der Waals surface area contributed by atoms with Gasteiger partial charge in [-0.15, -0.1) is 0 Å². The lowest BCUT2D eigenvalue weighted by Crippen LogP contribution is -2.25. The molecule has 2 N–H and O–H groups in total. The van der Waals surface area contributed by atoms with E-state index in [1.54, 1.807) is 18.2 Å². The fourth-order valence-corrected chi connectivity index (χ4v) is 2.95. The van der Waals surface area contributed by atoms with Crippen LogP contribution in [0.5, 0.6) is 0 Å². The minimum Gasteiger partial charge on any atom is -0.478 e. The van der Waals surface area contributed by atoms with Gasteiger partial charge < -0.3 is 10.4 Å². The van der Waals surface area contributed by atoms with Crippen LogP contribution in [-0.2, 0) is 0 Å². The SMILES string of the molecule is O=C(NC1CC1)c1cc(Br)ccc1Cl.O=C(O)c1cc(Br)ccc1Cl. The van der Waals surface area contributed by atoms with Gasteiger partial charge in [0.2, 0.25) is 0 Å². The number of carboxylic acids is 1. The van der Waals surface area contributed by atoms with Crippen LogP contribution in [0.3, 0.4) is 0 Å². The van der Waals surface area contributed by atoms with Gasteiger partial charge in [0, 0.05) is 15.0 Å². The van der Waals surface area contributed by atoms with Crippen molar-refractivity contribution in [2.24, 2.45) is 0 Å². The van der Waals surface area contributed by atoms with Crippen molar-refractivity contribution in [1.82, 2.24) is 5.32 Å². The van der Waals surface area contributed by atoms with Crippen molar-refractivity contribution in [1.29, 1.82) is 0 Å². The maximum atomic E-state index is 11.7. The number of carbonyl (C=O) groups excluding carboxylic acids is 1. The highest BCUT2D eigenvalue weighted by Gasteiger charge is 2.24. The summed E-state index contributed by atoms with van der Waals surface area (Å²) in [6.45, 7) is 0. The first-order chi connectivity index (χ1) is 11.8. The average molecular weight is 510 g/mol. The van der Waals surface area contributed by atoms with E-state index < -0.39 is 5.97 Å². The average Bonchev–Trinajstić information content (AvgIpc) is 3.36. The molecule has 132 valence electrons. The van der Waals surface area contributed by atoms with Crippen LogP contribution in [0.2, 0.25) is 10.0 Å². The van der Waals surface area contributed by atoms with Gasteiger partial charge in [-0.25, -0.2) is 4.79 Å². The van der Waals surface area contributed by atoms with Gasteiger partial charge in [0.1, 0.15) is 0 Å². The largest absolute Gasteiger partial charge is 0.478 e. The van der Waals surface area contributed by atoms with Crippen LogP contribution in [-0.4, -0.2) is 23.0 Å². The normalized spacial score (nSPS) is 12.8. The van der Waals surface area contributed by atoms with Crippen LogP contribution in [0.1, 0.15) is 33.6 Å². The highest BCUT2D eigenvalue weighted by Crippen LogP contribution is 2.24. The van der Waals surface area contributed by atoms with Crippen molar-refractivity contribution in [2.75, 3.05) is 0 Å². The van der Waals surface area contributed by atoms with E-state index in [0.29, 0.717) is 21.1 Å². The van der Waals surface area contributed by atoms with Crippen LogP contribution in [0.4, 0.5) is 0 Å². The topological polar surface area (TPSA) is 66.4 Å². The summed E-state index contributed by atoms with van der Waals surface area (Å²) in [5.74, 6) is -1.10. The predicted octanol–water partition coefficient (Wildman–Crippen LogP) is 5.80. The van der Waals surface area contributed by atoms with Crippen molar-refractivity contribution in [3.8, 4) is 0 Å². The second-order valence-corrected chi connectivity index (χ2v) is 7.95. The smallest absolute Gasteiger partial charge is 0.337 e. The molecule has 25 heavy (non-hydrogen) atoms. The number of nitrogens with one attached hydrogen (secondary N) is 1. The van der Waals surface area contributed by atoms with Crippen molar-refractivity contribution >= 4 is 66.9 Å². The molecule has 3 rings (SSSR count). The summed E-state index contributed by atoms with van der Waals surface area (Å²) in [4.78, 5) is 22.1. The van der Waals surface area contributed by atoms with E-state index >= 15 is 0 Å². The second-order valence-electron chi connectivity index (χ2n) is 5.30. The quantitative estimate of drug-likeness (QED) is 0.550. The Morgan fingerprint density at radius 1 is 0.960 bits per heavy atom. The zero-order valence-electron chi connectivity index (χ0n) is 12.7. The van der Waals surface area contributed by atoms with Crippen LogP contribution < -0.4 is 5.32 Å². The summed E-state index contributed by atoms with van der Waals surface area (Å²) < 4.78 is 1.57. The zero-order chi connectivity index (χ0) is 18.6. The van der Waals surface area contributed by atoms with E-state index in [1.807, 2.05) is 6.07 Å². The molecule has 0 spiro atoms. The molecule has 0 aliphatic heterocycles. The van der Waals surface area contributed by atoms with E-state index in [0.717, 1.165) is 17.3 Å². The van der Waals surface area contributed by atoms with E-state index in [1.165, 1.54) is 12.1 Å². The van der Waals surface area contributed by atoms with E-state index in [2.05, 4.69) is 37.2 Å². The number of halogens is 4. The molecular formula is C17H13Br2Cl2NO3. The van der Waals surface area contributed by atoms with Crippen LogP contribution in [0.15, 0.2) is 45.3 Å². The van der Waals surface area contributed by atoms with E-state index in [9.17, 15) is 9.59 Å². The molecular weight excluding hydrogens is 497 g/mol. The number of amides is 1. The fourth-order valence-electron chi connectivity index (χ4n) is 1.82. The molecule has 4 nitrogen and oxygen atoms in total. The van der Waals surface area contributed by atoms with Crippen molar-refractivity contribution in [2.45, 2.75) is 18.9 Å². The van der Waals surface area contributed by atoms with Gasteiger partial charge in [0.15, 0.2) is 0 Å². The molecule has 0 heterocycles. The Morgan fingerprint density at radius 2 is 1.44 bits per heavy atom. The third kappa shape index (κ3) is 6.29. The van der Waals surface area contributed by atoms with Gasteiger partial charge in [0.25, 0.3) is 5.91 Å².